The second-order valence-electron chi connectivity index (χ2n) is 8.10. The van der Waals surface area contributed by atoms with Gasteiger partial charge in [0.2, 0.25) is 0 Å². The van der Waals surface area contributed by atoms with Crippen LogP contribution in [-0.4, -0.2) is 5.78 Å². The first-order valence-electron chi connectivity index (χ1n) is 10.6. The Bertz CT molecular complexity index is 1170. The summed E-state index contributed by atoms with van der Waals surface area (Å²) in [6, 6.07) is 21.2. The Balaban J connectivity index is 1.59. The molecular weight excluding hydrogens is 364 g/mol. The summed E-state index contributed by atoms with van der Waals surface area (Å²) in [5.74, 6) is 0.283. The number of ketones is 1. The van der Waals surface area contributed by atoms with Crippen molar-refractivity contribution >= 4 is 11.4 Å². The molecule has 5 rings (SSSR count). The van der Waals surface area contributed by atoms with Gasteiger partial charge in [0.05, 0.1) is 5.92 Å². The van der Waals surface area contributed by atoms with Gasteiger partial charge in [-0.3, -0.25) is 4.79 Å². The maximum Gasteiger partial charge on any atom is 0.141 e. The van der Waals surface area contributed by atoms with E-state index in [0.717, 1.165) is 17.6 Å². The minimum Gasteiger partial charge on any atom is -0.299 e. The van der Waals surface area contributed by atoms with Crippen molar-refractivity contribution in [3.05, 3.63) is 137 Å². The second kappa shape index (κ2) is 7.76. The third-order valence-electron chi connectivity index (χ3n) is 6.14. The molecule has 0 heterocycles. The van der Waals surface area contributed by atoms with Crippen LogP contribution < -0.4 is 0 Å². The molecule has 0 radical (unpaired) electrons. The highest BCUT2D eigenvalue weighted by atomic mass is 16.1. The molecule has 0 fully saturated rings. The Kier molecular flexibility index (Phi) is 4.80. The molecule has 1 heteroatoms. The predicted octanol–water partition coefficient (Wildman–Crippen LogP) is 6.75. The van der Waals surface area contributed by atoms with Crippen molar-refractivity contribution in [1.82, 2.24) is 0 Å². The second-order valence-corrected chi connectivity index (χ2v) is 8.10. The molecule has 2 aromatic carbocycles. The summed E-state index contributed by atoms with van der Waals surface area (Å²) in [6.07, 6.45) is 16.4. The zero-order chi connectivity index (χ0) is 20.5. The van der Waals surface area contributed by atoms with E-state index in [9.17, 15) is 4.79 Å². The standard InChI is InChI=1S/C29H24O/c1-20(30)26-18-25(19-27(26)22-14-8-9-15-22)29-17-24(21-10-4-2-5-11-21)16-28(29)23-12-6-3-7-13-23/h2-14,16-19,24,26H,15H2,1H3. The zero-order valence-electron chi connectivity index (χ0n) is 17.1. The fourth-order valence-corrected chi connectivity index (χ4v) is 4.61. The Labute approximate surface area is 178 Å². The number of hydrogen-bond acceptors (Lipinski definition) is 1. The van der Waals surface area contributed by atoms with Gasteiger partial charge in [-0.25, -0.2) is 0 Å². The van der Waals surface area contributed by atoms with Crippen molar-refractivity contribution < 1.29 is 4.79 Å². The lowest BCUT2D eigenvalue weighted by Gasteiger charge is -2.11. The highest BCUT2D eigenvalue weighted by Gasteiger charge is 2.30. The van der Waals surface area contributed by atoms with Crippen molar-refractivity contribution in [3.63, 3.8) is 0 Å². The first-order chi connectivity index (χ1) is 14.7. The molecule has 0 bridgehead atoms. The van der Waals surface area contributed by atoms with Gasteiger partial charge in [0.25, 0.3) is 0 Å². The molecule has 2 atom stereocenters. The van der Waals surface area contributed by atoms with Crippen molar-refractivity contribution in [2.24, 2.45) is 5.92 Å². The summed E-state index contributed by atoms with van der Waals surface area (Å²) >= 11 is 0. The van der Waals surface area contributed by atoms with E-state index >= 15 is 0 Å². The van der Waals surface area contributed by atoms with E-state index in [1.807, 2.05) is 0 Å². The molecule has 3 aliphatic rings. The van der Waals surface area contributed by atoms with E-state index in [-0.39, 0.29) is 17.6 Å². The molecule has 0 amide bonds. The minimum absolute atomic E-state index is 0.153. The van der Waals surface area contributed by atoms with E-state index in [2.05, 4.69) is 103 Å². The van der Waals surface area contributed by atoms with Crippen molar-refractivity contribution in [2.45, 2.75) is 19.3 Å². The van der Waals surface area contributed by atoms with Crippen LogP contribution in [0.5, 0.6) is 0 Å². The summed E-state index contributed by atoms with van der Waals surface area (Å²) in [5, 5.41) is 0. The maximum absolute atomic E-state index is 12.4. The lowest BCUT2D eigenvalue weighted by Crippen LogP contribution is -2.09. The van der Waals surface area contributed by atoms with Crippen molar-refractivity contribution in [2.75, 3.05) is 0 Å². The molecule has 146 valence electrons. The summed E-state index contributed by atoms with van der Waals surface area (Å²) in [7, 11) is 0. The Hall–Kier alpha value is -3.45. The normalized spacial score (nSPS) is 22.4. The Morgan fingerprint density at radius 3 is 2.23 bits per heavy atom. The molecule has 2 unspecified atom stereocenters. The number of carbonyl (C=O) groups is 1. The van der Waals surface area contributed by atoms with Gasteiger partial charge >= 0.3 is 0 Å². The van der Waals surface area contributed by atoms with Crippen molar-refractivity contribution in [3.8, 4) is 0 Å². The summed E-state index contributed by atoms with van der Waals surface area (Å²) < 4.78 is 0. The summed E-state index contributed by atoms with van der Waals surface area (Å²) in [5.41, 5.74) is 8.54. The van der Waals surface area contributed by atoms with Crippen LogP contribution >= 0.6 is 0 Å². The number of allylic oxidation sites excluding steroid dienone is 12. The number of benzene rings is 2. The molecule has 1 nitrogen and oxygen atoms in total. The Morgan fingerprint density at radius 2 is 1.57 bits per heavy atom. The van der Waals surface area contributed by atoms with Crippen LogP contribution in [0.1, 0.15) is 30.4 Å². The van der Waals surface area contributed by atoms with Crippen LogP contribution in [0.15, 0.2) is 125 Å². The predicted molar refractivity (Wildman–Crippen MR) is 124 cm³/mol. The van der Waals surface area contributed by atoms with Crippen LogP contribution in [0, 0.1) is 5.92 Å². The first kappa shape index (κ1) is 18.6. The van der Waals surface area contributed by atoms with E-state index in [1.165, 1.54) is 27.8 Å². The Morgan fingerprint density at radius 1 is 0.867 bits per heavy atom. The van der Waals surface area contributed by atoms with Gasteiger partial charge in [0, 0.05) is 5.92 Å². The molecular formula is C29H24O. The van der Waals surface area contributed by atoms with Gasteiger partial charge in [-0.05, 0) is 52.3 Å². The summed E-state index contributed by atoms with van der Waals surface area (Å²) in [6.45, 7) is 1.70. The molecule has 0 N–H and O–H groups in total. The van der Waals surface area contributed by atoms with E-state index in [4.69, 9.17) is 0 Å². The fraction of sp³-hybridized carbons (Fsp3) is 0.138. The number of Topliss-reactive ketones (excluding diaryl/α,β-unsaturated/α-hetero) is 1. The minimum atomic E-state index is -0.153. The summed E-state index contributed by atoms with van der Waals surface area (Å²) in [4.78, 5) is 12.4. The molecule has 0 aliphatic heterocycles. The van der Waals surface area contributed by atoms with Gasteiger partial charge in [0.1, 0.15) is 5.78 Å². The van der Waals surface area contributed by atoms with Crippen LogP contribution in [0.4, 0.5) is 0 Å². The monoisotopic (exact) mass is 388 g/mol. The third-order valence-corrected chi connectivity index (χ3v) is 6.14. The number of carbonyl (C=O) groups excluding carboxylic acids is 1. The average molecular weight is 389 g/mol. The molecule has 0 saturated carbocycles. The zero-order valence-corrected chi connectivity index (χ0v) is 17.1. The maximum atomic E-state index is 12.4. The molecule has 0 aromatic heterocycles. The SMILES string of the molecule is CC(=O)C1C=C(C2=CC(c3ccccc3)C=C2c2ccccc2)C=C1C1=CC=CC1. The quantitative estimate of drug-likeness (QED) is 0.553. The highest BCUT2D eigenvalue weighted by molar-refractivity contribution is 5.92. The van der Waals surface area contributed by atoms with E-state index in [1.54, 1.807) is 6.92 Å². The molecule has 0 spiro atoms. The smallest absolute Gasteiger partial charge is 0.141 e. The molecule has 3 aliphatic carbocycles. The van der Waals surface area contributed by atoms with Crippen LogP contribution in [0.25, 0.3) is 5.57 Å². The molecule has 0 saturated heterocycles. The van der Waals surface area contributed by atoms with E-state index < -0.39 is 0 Å². The van der Waals surface area contributed by atoms with E-state index in [0.29, 0.717) is 0 Å². The topological polar surface area (TPSA) is 17.1 Å². The molecule has 2 aromatic rings. The largest absolute Gasteiger partial charge is 0.299 e. The fourth-order valence-electron chi connectivity index (χ4n) is 4.61. The van der Waals surface area contributed by atoms with Gasteiger partial charge in [-0.2, -0.15) is 0 Å². The number of hydrogen-bond donors (Lipinski definition) is 0. The van der Waals surface area contributed by atoms with Gasteiger partial charge in [0.15, 0.2) is 0 Å². The first-order valence-corrected chi connectivity index (χ1v) is 10.6. The lowest BCUT2D eigenvalue weighted by atomic mass is 9.92. The highest BCUT2D eigenvalue weighted by Crippen LogP contribution is 2.45. The van der Waals surface area contributed by atoms with Crippen LogP contribution in [0.2, 0.25) is 0 Å². The number of rotatable bonds is 5. The average Bonchev–Trinajstić information content (AvgIpc) is 3.53. The van der Waals surface area contributed by atoms with Crippen molar-refractivity contribution in [1.29, 1.82) is 0 Å². The van der Waals surface area contributed by atoms with Crippen LogP contribution in [-0.2, 0) is 4.79 Å². The van der Waals surface area contributed by atoms with Crippen LogP contribution in [0.3, 0.4) is 0 Å². The van der Waals surface area contributed by atoms with Gasteiger partial charge in [-0.1, -0.05) is 103 Å². The van der Waals surface area contributed by atoms with Gasteiger partial charge in [-0.15, -0.1) is 0 Å². The third kappa shape index (κ3) is 3.37. The lowest BCUT2D eigenvalue weighted by molar-refractivity contribution is -0.118. The molecule has 30 heavy (non-hydrogen) atoms. The van der Waals surface area contributed by atoms with Gasteiger partial charge < -0.3 is 0 Å².